The van der Waals surface area contributed by atoms with Gasteiger partial charge in [-0.1, -0.05) is 0 Å². The van der Waals surface area contributed by atoms with Crippen LogP contribution in [0.3, 0.4) is 0 Å². The summed E-state index contributed by atoms with van der Waals surface area (Å²) in [4.78, 5) is 13.6. The number of hydrogen-bond acceptors (Lipinski definition) is 6. The van der Waals surface area contributed by atoms with Crippen molar-refractivity contribution in [2.24, 2.45) is 0 Å². The average Bonchev–Trinajstić information content (AvgIpc) is 2.80. The molecule has 0 aromatic carbocycles. The van der Waals surface area contributed by atoms with E-state index in [2.05, 4.69) is 10.2 Å². The molecule has 0 saturated carbocycles. The van der Waals surface area contributed by atoms with Gasteiger partial charge in [0.2, 0.25) is 12.3 Å². The van der Waals surface area contributed by atoms with Crippen molar-refractivity contribution in [3.8, 4) is 0 Å². The standard InChI is InChI=1S/C11H17N3O4/c1-11(2,3)18-10(15)14-4-5-16-6-8(14)9-13-12-7-17-9/h7-8H,4-6H2,1-3H3/t8-/m1/s1. The lowest BCUT2D eigenvalue weighted by molar-refractivity contribution is -0.0391. The van der Waals surface area contributed by atoms with Crippen LogP contribution in [-0.4, -0.2) is 46.6 Å². The highest BCUT2D eigenvalue weighted by atomic mass is 16.6. The van der Waals surface area contributed by atoms with E-state index in [1.165, 1.54) is 6.39 Å². The first-order valence-electron chi connectivity index (χ1n) is 5.81. The highest BCUT2D eigenvalue weighted by molar-refractivity contribution is 5.68. The minimum atomic E-state index is -0.533. The molecule has 1 amide bonds. The van der Waals surface area contributed by atoms with E-state index in [1.807, 2.05) is 20.8 Å². The number of morpholine rings is 1. The van der Waals surface area contributed by atoms with Crippen LogP contribution in [0.5, 0.6) is 0 Å². The molecule has 1 aliphatic rings. The molecule has 7 heteroatoms. The predicted octanol–water partition coefficient (Wildman–Crippen LogP) is 1.38. The molecule has 7 nitrogen and oxygen atoms in total. The molecule has 0 spiro atoms. The Morgan fingerprint density at radius 3 is 2.94 bits per heavy atom. The van der Waals surface area contributed by atoms with E-state index >= 15 is 0 Å². The third-order valence-electron chi connectivity index (χ3n) is 2.42. The van der Waals surface area contributed by atoms with E-state index in [0.29, 0.717) is 25.6 Å². The smallest absolute Gasteiger partial charge is 0.411 e. The Balaban J connectivity index is 2.11. The molecule has 0 N–H and O–H groups in total. The molecule has 2 heterocycles. The van der Waals surface area contributed by atoms with Crippen molar-refractivity contribution in [3.05, 3.63) is 12.3 Å². The number of ether oxygens (including phenoxy) is 2. The van der Waals surface area contributed by atoms with E-state index in [0.717, 1.165) is 0 Å². The zero-order valence-corrected chi connectivity index (χ0v) is 10.8. The summed E-state index contributed by atoms with van der Waals surface area (Å²) >= 11 is 0. The van der Waals surface area contributed by atoms with Crippen LogP contribution >= 0.6 is 0 Å². The van der Waals surface area contributed by atoms with Crippen molar-refractivity contribution >= 4 is 6.09 Å². The fourth-order valence-electron chi connectivity index (χ4n) is 1.67. The summed E-state index contributed by atoms with van der Waals surface area (Å²) in [5.74, 6) is 0.362. The van der Waals surface area contributed by atoms with Gasteiger partial charge in [-0.15, -0.1) is 10.2 Å². The maximum absolute atomic E-state index is 12.1. The van der Waals surface area contributed by atoms with Crippen LogP contribution in [0.2, 0.25) is 0 Å². The number of aromatic nitrogens is 2. The highest BCUT2D eigenvalue weighted by Gasteiger charge is 2.34. The summed E-state index contributed by atoms with van der Waals surface area (Å²) in [6, 6.07) is -0.379. The topological polar surface area (TPSA) is 77.7 Å². The van der Waals surface area contributed by atoms with Crippen molar-refractivity contribution in [1.82, 2.24) is 15.1 Å². The maximum atomic E-state index is 12.1. The van der Waals surface area contributed by atoms with Crippen molar-refractivity contribution < 1.29 is 18.7 Å². The van der Waals surface area contributed by atoms with Crippen LogP contribution < -0.4 is 0 Å². The SMILES string of the molecule is CC(C)(C)OC(=O)N1CCOC[C@@H]1c1nnco1. The van der Waals surface area contributed by atoms with Gasteiger partial charge in [0.1, 0.15) is 11.6 Å². The van der Waals surface area contributed by atoms with Crippen LogP contribution in [0, 0.1) is 0 Å². The van der Waals surface area contributed by atoms with E-state index in [9.17, 15) is 4.79 Å². The van der Waals surface area contributed by atoms with Crippen LogP contribution in [0.1, 0.15) is 32.7 Å². The van der Waals surface area contributed by atoms with Crippen molar-refractivity contribution in [2.75, 3.05) is 19.8 Å². The third-order valence-corrected chi connectivity index (χ3v) is 2.42. The Labute approximate surface area is 105 Å². The highest BCUT2D eigenvalue weighted by Crippen LogP contribution is 2.24. The Kier molecular flexibility index (Phi) is 3.51. The van der Waals surface area contributed by atoms with Gasteiger partial charge >= 0.3 is 6.09 Å². The first-order valence-corrected chi connectivity index (χ1v) is 5.81. The average molecular weight is 255 g/mol. The number of hydrogen-bond donors (Lipinski definition) is 0. The lowest BCUT2D eigenvalue weighted by atomic mass is 10.2. The van der Waals surface area contributed by atoms with Gasteiger partial charge in [0.15, 0.2) is 0 Å². The predicted molar refractivity (Wildman–Crippen MR) is 60.8 cm³/mol. The molecular weight excluding hydrogens is 238 g/mol. The minimum Gasteiger partial charge on any atom is -0.444 e. The Hall–Kier alpha value is -1.63. The molecule has 0 unspecified atom stereocenters. The number of nitrogens with zero attached hydrogens (tertiary/aromatic N) is 3. The Morgan fingerprint density at radius 1 is 1.56 bits per heavy atom. The molecule has 2 rings (SSSR count). The summed E-state index contributed by atoms with van der Waals surface area (Å²) in [6.07, 6.45) is 0.839. The molecular formula is C11H17N3O4. The summed E-state index contributed by atoms with van der Waals surface area (Å²) in [7, 11) is 0. The first kappa shape index (κ1) is 12.8. The van der Waals surface area contributed by atoms with Gasteiger partial charge in [0.25, 0.3) is 0 Å². The number of carbonyl (C=O) groups is 1. The van der Waals surface area contributed by atoms with Crippen molar-refractivity contribution in [2.45, 2.75) is 32.4 Å². The summed E-state index contributed by atoms with van der Waals surface area (Å²) in [6.45, 7) is 6.74. The molecule has 1 aromatic rings. The van der Waals surface area contributed by atoms with E-state index in [-0.39, 0.29) is 6.04 Å². The zero-order valence-electron chi connectivity index (χ0n) is 10.8. The van der Waals surface area contributed by atoms with Crippen LogP contribution in [0.25, 0.3) is 0 Å². The molecule has 1 fully saturated rings. The van der Waals surface area contributed by atoms with Gasteiger partial charge in [-0.05, 0) is 20.8 Å². The summed E-state index contributed by atoms with van der Waals surface area (Å²) in [5.41, 5.74) is -0.533. The second-order valence-electron chi connectivity index (χ2n) is 5.04. The molecule has 0 aliphatic carbocycles. The van der Waals surface area contributed by atoms with E-state index in [4.69, 9.17) is 13.9 Å². The molecule has 1 aliphatic heterocycles. The first-order chi connectivity index (χ1) is 8.47. The molecule has 1 saturated heterocycles. The largest absolute Gasteiger partial charge is 0.444 e. The van der Waals surface area contributed by atoms with Gasteiger partial charge in [0.05, 0.1) is 13.2 Å². The molecule has 100 valence electrons. The van der Waals surface area contributed by atoms with Gasteiger partial charge < -0.3 is 13.9 Å². The van der Waals surface area contributed by atoms with E-state index in [1.54, 1.807) is 4.90 Å². The number of carbonyl (C=O) groups excluding carboxylic acids is 1. The molecule has 18 heavy (non-hydrogen) atoms. The number of rotatable bonds is 1. The Bertz CT molecular complexity index is 399. The normalized spacial score (nSPS) is 20.8. The summed E-state index contributed by atoms with van der Waals surface area (Å²) in [5, 5.41) is 7.44. The summed E-state index contributed by atoms with van der Waals surface area (Å²) < 4.78 is 15.8. The molecule has 0 radical (unpaired) electrons. The number of amides is 1. The van der Waals surface area contributed by atoms with Gasteiger partial charge in [-0.3, -0.25) is 4.90 Å². The monoisotopic (exact) mass is 255 g/mol. The van der Waals surface area contributed by atoms with Crippen molar-refractivity contribution in [1.29, 1.82) is 0 Å². The zero-order chi connectivity index (χ0) is 13.2. The lowest BCUT2D eigenvalue weighted by Gasteiger charge is -2.34. The van der Waals surface area contributed by atoms with E-state index < -0.39 is 11.7 Å². The van der Waals surface area contributed by atoms with Gasteiger partial charge in [-0.25, -0.2) is 4.79 Å². The van der Waals surface area contributed by atoms with Crippen LogP contribution in [0.15, 0.2) is 10.8 Å². The van der Waals surface area contributed by atoms with Gasteiger partial charge in [0, 0.05) is 6.54 Å². The lowest BCUT2D eigenvalue weighted by Crippen LogP contribution is -2.45. The Morgan fingerprint density at radius 2 is 2.33 bits per heavy atom. The molecule has 1 aromatic heterocycles. The molecule has 1 atom stereocenters. The minimum absolute atomic E-state index is 0.335. The van der Waals surface area contributed by atoms with Crippen LogP contribution in [0.4, 0.5) is 4.79 Å². The maximum Gasteiger partial charge on any atom is 0.411 e. The molecule has 0 bridgehead atoms. The van der Waals surface area contributed by atoms with Gasteiger partial charge in [-0.2, -0.15) is 0 Å². The quantitative estimate of drug-likeness (QED) is 0.754. The second kappa shape index (κ2) is 4.93. The fourth-order valence-corrected chi connectivity index (χ4v) is 1.67. The third kappa shape index (κ3) is 2.98. The fraction of sp³-hybridized carbons (Fsp3) is 0.727. The second-order valence-corrected chi connectivity index (χ2v) is 5.04. The van der Waals surface area contributed by atoms with Crippen LogP contribution in [-0.2, 0) is 9.47 Å². The van der Waals surface area contributed by atoms with Crippen molar-refractivity contribution in [3.63, 3.8) is 0 Å².